The van der Waals surface area contributed by atoms with Gasteiger partial charge in [0, 0.05) is 22.2 Å². The van der Waals surface area contributed by atoms with Gasteiger partial charge in [-0.25, -0.2) is 4.99 Å². The summed E-state index contributed by atoms with van der Waals surface area (Å²) < 4.78 is 2.40. The normalized spacial score (nSPS) is 15.4. The second-order valence-corrected chi connectivity index (χ2v) is 10.4. The number of hydrogen-bond donors (Lipinski definition) is 0. The first-order valence-electron chi connectivity index (χ1n) is 12.0. The first-order chi connectivity index (χ1) is 16.6. The lowest BCUT2D eigenvalue weighted by atomic mass is 9.62. The minimum atomic E-state index is 0.0203. The van der Waals surface area contributed by atoms with Crippen LogP contribution in [0, 0.1) is 13.8 Å². The van der Waals surface area contributed by atoms with Crippen molar-refractivity contribution in [1.82, 2.24) is 4.57 Å². The predicted octanol–water partition coefficient (Wildman–Crippen LogP) is 8.01. The van der Waals surface area contributed by atoms with E-state index in [4.69, 9.17) is 4.99 Å². The zero-order valence-electron chi connectivity index (χ0n) is 19.7. The molecule has 0 saturated heterocycles. The monoisotopic (exact) mass is 460 g/mol. The maximum absolute atomic E-state index is 5.10. The van der Waals surface area contributed by atoms with Crippen molar-refractivity contribution in [3.05, 3.63) is 124 Å². The van der Waals surface area contributed by atoms with E-state index in [9.17, 15) is 0 Å². The second-order valence-electron chi connectivity index (χ2n) is 9.52. The molecule has 1 saturated carbocycles. The lowest BCUT2D eigenvalue weighted by Crippen LogP contribution is -2.38. The molecule has 0 bridgehead atoms. The topological polar surface area (TPSA) is 17.3 Å². The van der Waals surface area contributed by atoms with Gasteiger partial charge in [-0.15, -0.1) is 11.3 Å². The van der Waals surface area contributed by atoms with Gasteiger partial charge in [0.05, 0.1) is 5.69 Å². The van der Waals surface area contributed by atoms with E-state index in [0.717, 1.165) is 23.3 Å². The highest BCUT2D eigenvalue weighted by Gasteiger charge is 2.43. The molecule has 6 rings (SSSR count). The summed E-state index contributed by atoms with van der Waals surface area (Å²) in [5, 5.41) is 4.96. The number of rotatable bonds is 4. The average Bonchev–Trinajstić information content (AvgIpc) is 3.24. The van der Waals surface area contributed by atoms with Crippen LogP contribution in [0.3, 0.4) is 0 Å². The van der Waals surface area contributed by atoms with Crippen LogP contribution >= 0.6 is 11.3 Å². The number of nitrogens with zero attached hydrogens (tertiary/aromatic N) is 2. The molecule has 0 radical (unpaired) electrons. The molecule has 0 N–H and O–H groups in total. The molecule has 0 unspecified atom stereocenters. The number of benzene rings is 4. The van der Waals surface area contributed by atoms with Crippen molar-refractivity contribution < 1.29 is 0 Å². The van der Waals surface area contributed by atoms with Gasteiger partial charge in [0.2, 0.25) is 0 Å². The molecule has 0 aliphatic heterocycles. The first-order valence-corrected chi connectivity index (χ1v) is 12.9. The summed E-state index contributed by atoms with van der Waals surface area (Å²) in [6.07, 6.45) is 3.58. The van der Waals surface area contributed by atoms with Crippen LogP contribution in [-0.2, 0) is 5.41 Å². The van der Waals surface area contributed by atoms with E-state index in [-0.39, 0.29) is 5.41 Å². The maximum Gasteiger partial charge on any atom is 0.194 e. The molecule has 0 atom stereocenters. The zero-order chi connectivity index (χ0) is 23.1. The molecule has 0 amide bonds. The quantitative estimate of drug-likeness (QED) is 0.258. The number of hydrogen-bond acceptors (Lipinski definition) is 2. The van der Waals surface area contributed by atoms with Gasteiger partial charge in [0.25, 0.3) is 0 Å². The Labute approximate surface area is 204 Å². The van der Waals surface area contributed by atoms with E-state index in [1.807, 2.05) is 0 Å². The van der Waals surface area contributed by atoms with Gasteiger partial charge in [-0.2, -0.15) is 0 Å². The standard InChI is InChI=1S/C31H28N2S/c1-22-8-14-27(15-9-22)32-30-33(28-16-10-23(2)11-17-28)29(21-34-30)31(18-5-19-31)26-13-12-24-6-3-4-7-25(24)20-26/h3-4,6-17,20-21H,5,18-19H2,1-2H3/b32-30-. The van der Waals surface area contributed by atoms with Crippen LogP contribution < -0.4 is 4.80 Å². The van der Waals surface area contributed by atoms with Crippen molar-refractivity contribution in [3.63, 3.8) is 0 Å². The van der Waals surface area contributed by atoms with Crippen molar-refractivity contribution in [1.29, 1.82) is 0 Å². The molecule has 1 aromatic heterocycles. The summed E-state index contributed by atoms with van der Waals surface area (Å²) in [4.78, 5) is 6.12. The maximum atomic E-state index is 5.10. The van der Waals surface area contributed by atoms with Gasteiger partial charge in [-0.3, -0.25) is 4.57 Å². The molecule has 4 aromatic carbocycles. The van der Waals surface area contributed by atoms with Crippen molar-refractivity contribution in [2.75, 3.05) is 0 Å². The Morgan fingerprint density at radius 2 is 1.44 bits per heavy atom. The SMILES string of the molecule is Cc1ccc(/N=c2\scc(C3(c4ccc5ccccc5c4)CCC3)n2-c2ccc(C)cc2)cc1. The van der Waals surface area contributed by atoms with E-state index >= 15 is 0 Å². The largest absolute Gasteiger partial charge is 0.289 e. The fourth-order valence-electron chi connectivity index (χ4n) is 5.10. The van der Waals surface area contributed by atoms with Crippen LogP contribution in [0.4, 0.5) is 5.69 Å². The molecule has 0 spiro atoms. The van der Waals surface area contributed by atoms with Crippen LogP contribution in [0.5, 0.6) is 0 Å². The van der Waals surface area contributed by atoms with Gasteiger partial charge in [0.15, 0.2) is 4.80 Å². The van der Waals surface area contributed by atoms with Crippen LogP contribution in [0.1, 0.15) is 41.6 Å². The molecular formula is C31H28N2S. The predicted molar refractivity (Wildman–Crippen MR) is 143 cm³/mol. The van der Waals surface area contributed by atoms with Gasteiger partial charge in [-0.05, 0) is 67.3 Å². The molecule has 1 aliphatic carbocycles. The fourth-order valence-corrected chi connectivity index (χ4v) is 6.12. The van der Waals surface area contributed by atoms with Gasteiger partial charge in [-0.1, -0.05) is 84.3 Å². The minimum absolute atomic E-state index is 0.0203. The first kappa shape index (κ1) is 21.1. The summed E-state index contributed by atoms with van der Waals surface area (Å²) in [7, 11) is 0. The highest BCUT2D eigenvalue weighted by atomic mass is 32.1. The molecular weight excluding hydrogens is 432 g/mol. The van der Waals surface area contributed by atoms with Crippen molar-refractivity contribution >= 4 is 27.8 Å². The Kier molecular flexibility index (Phi) is 5.23. The van der Waals surface area contributed by atoms with Gasteiger partial charge < -0.3 is 0 Å². The summed E-state index contributed by atoms with van der Waals surface area (Å²) in [5.74, 6) is 0. The fraction of sp³-hybridized carbons (Fsp3) is 0.194. The molecule has 3 heteroatoms. The Morgan fingerprint density at radius 3 is 2.12 bits per heavy atom. The van der Waals surface area contributed by atoms with Crippen molar-refractivity contribution in [2.24, 2.45) is 4.99 Å². The molecule has 34 heavy (non-hydrogen) atoms. The third kappa shape index (κ3) is 3.61. The molecule has 1 heterocycles. The number of thiazole rings is 1. The van der Waals surface area contributed by atoms with E-state index in [0.29, 0.717) is 0 Å². The van der Waals surface area contributed by atoms with E-state index in [2.05, 4.69) is 115 Å². The Balaban J connectivity index is 1.57. The van der Waals surface area contributed by atoms with Crippen LogP contribution in [0.2, 0.25) is 0 Å². The Morgan fingerprint density at radius 1 is 0.765 bits per heavy atom. The highest BCUT2D eigenvalue weighted by Crippen LogP contribution is 2.50. The summed E-state index contributed by atoms with van der Waals surface area (Å²) in [6, 6.07) is 33.0. The van der Waals surface area contributed by atoms with E-state index < -0.39 is 0 Å². The molecule has 2 nitrogen and oxygen atoms in total. The summed E-state index contributed by atoms with van der Waals surface area (Å²) in [5.41, 5.74) is 7.49. The third-order valence-electron chi connectivity index (χ3n) is 7.26. The van der Waals surface area contributed by atoms with Crippen molar-refractivity contribution in [3.8, 4) is 5.69 Å². The Bertz CT molecular complexity index is 1530. The average molecular weight is 461 g/mol. The Hall–Kier alpha value is -3.43. The minimum Gasteiger partial charge on any atom is -0.289 e. The van der Waals surface area contributed by atoms with Crippen LogP contribution in [0.15, 0.2) is 101 Å². The summed E-state index contributed by atoms with van der Waals surface area (Å²) >= 11 is 1.74. The smallest absolute Gasteiger partial charge is 0.194 e. The lowest BCUT2D eigenvalue weighted by molar-refractivity contribution is 0.290. The molecule has 1 aliphatic rings. The van der Waals surface area contributed by atoms with Crippen LogP contribution in [0.25, 0.3) is 16.5 Å². The number of aromatic nitrogens is 1. The number of aryl methyl sites for hydroxylation is 2. The summed E-state index contributed by atoms with van der Waals surface area (Å²) in [6.45, 7) is 4.26. The third-order valence-corrected chi connectivity index (χ3v) is 8.08. The molecule has 168 valence electrons. The second kappa shape index (κ2) is 8.41. The molecule has 5 aromatic rings. The van der Waals surface area contributed by atoms with Crippen LogP contribution in [-0.4, -0.2) is 4.57 Å². The highest BCUT2D eigenvalue weighted by molar-refractivity contribution is 7.07. The number of fused-ring (bicyclic) bond motifs is 1. The van der Waals surface area contributed by atoms with Gasteiger partial charge >= 0.3 is 0 Å². The zero-order valence-corrected chi connectivity index (χ0v) is 20.5. The van der Waals surface area contributed by atoms with E-state index in [1.54, 1.807) is 11.3 Å². The lowest BCUT2D eigenvalue weighted by Gasteiger charge is -2.43. The molecule has 1 fully saturated rings. The van der Waals surface area contributed by atoms with E-state index in [1.165, 1.54) is 45.3 Å². The van der Waals surface area contributed by atoms with Gasteiger partial charge in [0.1, 0.15) is 0 Å². The van der Waals surface area contributed by atoms with Crippen molar-refractivity contribution in [2.45, 2.75) is 38.5 Å².